The highest BCUT2D eigenvalue weighted by atomic mass is 16.3. The lowest BCUT2D eigenvalue weighted by atomic mass is 9.94. The Morgan fingerprint density at radius 1 is 1.35 bits per heavy atom. The van der Waals surface area contributed by atoms with Crippen molar-refractivity contribution in [3.63, 3.8) is 0 Å². The molecule has 1 amide bonds. The van der Waals surface area contributed by atoms with Crippen LogP contribution in [0.2, 0.25) is 0 Å². The van der Waals surface area contributed by atoms with E-state index in [4.69, 9.17) is 4.42 Å². The van der Waals surface area contributed by atoms with E-state index in [1.807, 2.05) is 21.6 Å². The van der Waals surface area contributed by atoms with Gasteiger partial charge in [0.1, 0.15) is 6.26 Å². The Hall–Kier alpha value is -2.70. The molecule has 23 heavy (non-hydrogen) atoms. The quantitative estimate of drug-likeness (QED) is 0.724. The third-order valence-corrected chi connectivity index (χ3v) is 4.30. The van der Waals surface area contributed by atoms with Gasteiger partial charge >= 0.3 is 0 Å². The number of imidazole rings is 1. The summed E-state index contributed by atoms with van der Waals surface area (Å²) in [5, 5.41) is 0. The largest absolute Gasteiger partial charge is 0.448 e. The predicted octanol–water partition coefficient (Wildman–Crippen LogP) is 2.05. The molecule has 0 aliphatic carbocycles. The van der Waals surface area contributed by atoms with Crippen molar-refractivity contribution in [3.8, 4) is 0 Å². The van der Waals surface area contributed by atoms with Crippen molar-refractivity contribution in [1.82, 2.24) is 24.3 Å². The molecule has 0 radical (unpaired) electrons. The van der Waals surface area contributed by atoms with Crippen molar-refractivity contribution in [2.45, 2.75) is 25.7 Å². The second kappa shape index (κ2) is 5.49. The smallest absolute Gasteiger partial charge is 0.275 e. The van der Waals surface area contributed by atoms with Crippen LogP contribution in [0.4, 0.5) is 0 Å². The van der Waals surface area contributed by atoms with Crippen LogP contribution in [0.3, 0.4) is 0 Å². The van der Waals surface area contributed by atoms with Crippen molar-refractivity contribution >= 4 is 11.7 Å². The third-order valence-electron chi connectivity index (χ3n) is 4.30. The zero-order valence-corrected chi connectivity index (χ0v) is 12.8. The van der Waals surface area contributed by atoms with Gasteiger partial charge in [-0.1, -0.05) is 0 Å². The van der Waals surface area contributed by atoms with Crippen molar-refractivity contribution < 1.29 is 9.21 Å². The molecule has 1 atom stereocenters. The van der Waals surface area contributed by atoms with Gasteiger partial charge in [0.15, 0.2) is 11.6 Å². The maximum absolute atomic E-state index is 12.6. The van der Waals surface area contributed by atoms with Crippen molar-refractivity contribution in [2.75, 3.05) is 13.1 Å². The molecule has 0 aromatic carbocycles. The average Bonchev–Trinajstić information content (AvgIpc) is 3.22. The first-order valence-corrected chi connectivity index (χ1v) is 7.72. The Morgan fingerprint density at radius 3 is 3.04 bits per heavy atom. The van der Waals surface area contributed by atoms with E-state index in [0.29, 0.717) is 23.9 Å². The second-order valence-electron chi connectivity index (χ2n) is 5.81. The number of fused-ring (bicyclic) bond motifs is 1. The number of aryl methyl sites for hydroxylation is 1. The van der Waals surface area contributed by atoms with Crippen LogP contribution < -0.4 is 0 Å². The highest BCUT2D eigenvalue weighted by molar-refractivity contribution is 5.92. The summed E-state index contributed by atoms with van der Waals surface area (Å²) < 4.78 is 7.15. The van der Waals surface area contributed by atoms with Gasteiger partial charge in [0.05, 0.1) is 0 Å². The number of nitrogens with zero attached hydrogens (tertiary/aromatic N) is 5. The first kappa shape index (κ1) is 13.9. The zero-order chi connectivity index (χ0) is 15.8. The maximum atomic E-state index is 12.6. The predicted molar refractivity (Wildman–Crippen MR) is 82.1 cm³/mol. The Bertz CT molecular complexity index is 853. The zero-order valence-electron chi connectivity index (χ0n) is 12.8. The fourth-order valence-electron chi connectivity index (χ4n) is 3.21. The van der Waals surface area contributed by atoms with Gasteiger partial charge in [-0.15, -0.1) is 0 Å². The number of aromatic nitrogens is 4. The molecule has 4 heterocycles. The van der Waals surface area contributed by atoms with Crippen LogP contribution in [0.5, 0.6) is 0 Å². The molecular weight excluding hydrogens is 294 g/mol. The monoisotopic (exact) mass is 311 g/mol. The molecule has 0 bridgehead atoms. The summed E-state index contributed by atoms with van der Waals surface area (Å²) in [7, 11) is 0. The molecule has 7 heteroatoms. The summed E-state index contributed by atoms with van der Waals surface area (Å²) in [6.07, 6.45) is 8.88. The van der Waals surface area contributed by atoms with Crippen molar-refractivity contribution in [1.29, 1.82) is 0 Å². The number of carbonyl (C=O) groups excluding carboxylic acids is 1. The van der Waals surface area contributed by atoms with E-state index in [0.717, 1.165) is 25.1 Å². The molecule has 7 nitrogen and oxygen atoms in total. The fourth-order valence-corrected chi connectivity index (χ4v) is 3.21. The van der Waals surface area contributed by atoms with Crippen LogP contribution in [0.15, 0.2) is 35.3 Å². The van der Waals surface area contributed by atoms with Gasteiger partial charge in [-0.05, 0) is 18.9 Å². The fraction of sp³-hybridized carbons (Fsp3) is 0.375. The average molecular weight is 311 g/mol. The van der Waals surface area contributed by atoms with E-state index in [2.05, 4.69) is 15.0 Å². The molecule has 0 saturated carbocycles. The molecule has 3 aromatic heterocycles. The summed E-state index contributed by atoms with van der Waals surface area (Å²) in [4.78, 5) is 27.1. The van der Waals surface area contributed by atoms with Crippen LogP contribution in [-0.4, -0.2) is 43.2 Å². The van der Waals surface area contributed by atoms with Crippen molar-refractivity contribution in [2.24, 2.45) is 0 Å². The number of rotatable bonds is 2. The molecule has 0 spiro atoms. The van der Waals surface area contributed by atoms with E-state index in [9.17, 15) is 4.79 Å². The normalized spacial score (nSPS) is 18.5. The Kier molecular flexibility index (Phi) is 3.33. The molecule has 1 fully saturated rings. The lowest BCUT2D eigenvalue weighted by molar-refractivity contribution is 0.0699. The van der Waals surface area contributed by atoms with Crippen LogP contribution in [0, 0.1) is 6.92 Å². The van der Waals surface area contributed by atoms with Gasteiger partial charge in [-0.2, -0.15) is 0 Å². The number of likely N-dealkylation sites (tertiary alicyclic amines) is 1. The van der Waals surface area contributed by atoms with Crippen LogP contribution in [0.1, 0.15) is 40.8 Å². The highest BCUT2D eigenvalue weighted by Gasteiger charge is 2.28. The summed E-state index contributed by atoms with van der Waals surface area (Å²) in [6.45, 7) is 3.16. The van der Waals surface area contributed by atoms with Crippen LogP contribution in [0.25, 0.3) is 5.78 Å². The van der Waals surface area contributed by atoms with E-state index in [-0.39, 0.29) is 11.8 Å². The maximum Gasteiger partial charge on any atom is 0.275 e. The topological polar surface area (TPSA) is 76.5 Å². The Balaban J connectivity index is 1.60. The standard InChI is InChI=1S/C16H17N5O2/c1-11-19-13(10-23-11)15(22)20-7-2-3-12(9-20)14-4-5-17-16-18-6-8-21(14)16/h4-6,8,10,12H,2-3,7,9H2,1H3/t12-/m1/s1. The van der Waals surface area contributed by atoms with Crippen molar-refractivity contribution in [3.05, 3.63) is 48.2 Å². The highest BCUT2D eigenvalue weighted by Crippen LogP contribution is 2.27. The number of piperidine rings is 1. The second-order valence-corrected chi connectivity index (χ2v) is 5.81. The summed E-state index contributed by atoms with van der Waals surface area (Å²) >= 11 is 0. The van der Waals surface area contributed by atoms with E-state index in [1.165, 1.54) is 6.26 Å². The minimum absolute atomic E-state index is 0.0671. The van der Waals surface area contributed by atoms with Gasteiger partial charge in [-0.3, -0.25) is 9.20 Å². The number of hydrogen-bond donors (Lipinski definition) is 0. The minimum atomic E-state index is -0.0671. The number of oxazole rings is 1. The lowest BCUT2D eigenvalue weighted by Crippen LogP contribution is -2.39. The van der Waals surface area contributed by atoms with E-state index < -0.39 is 0 Å². The van der Waals surface area contributed by atoms with Gasteiger partial charge in [-0.25, -0.2) is 15.0 Å². The molecule has 0 N–H and O–H groups in total. The summed E-state index contributed by atoms with van der Waals surface area (Å²) in [6, 6.07) is 2.01. The number of carbonyl (C=O) groups is 1. The summed E-state index contributed by atoms with van der Waals surface area (Å²) in [5.41, 5.74) is 1.52. The van der Waals surface area contributed by atoms with Gasteiger partial charge in [0, 0.05) is 50.2 Å². The molecule has 1 aliphatic heterocycles. The third kappa shape index (κ3) is 2.48. The molecule has 4 rings (SSSR count). The molecule has 1 aliphatic rings. The van der Waals surface area contributed by atoms with Gasteiger partial charge in [0.25, 0.3) is 5.91 Å². The molecule has 118 valence electrons. The van der Waals surface area contributed by atoms with Crippen LogP contribution >= 0.6 is 0 Å². The van der Waals surface area contributed by atoms with Gasteiger partial charge in [0.2, 0.25) is 5.78 Å². The van der Waals surface area contributed by atoms with E-state index in [1.54, 1.807) is 19.3 Å². The lowest BCUT2D eigenvalue weighted by Gasteiger charge is -2.32. The Morgan fingerprint density at radius 2 is 2.22 bits per heavy atom. The first-order chi connectivity index (χ1) is 11.2. The molecular formula is C16H17N5O2. The SMILES string of the molecule is Cc1nc(C(=O)N2CCC[C@@H](c3ccnc4nccn34)C2)co1. The number of hydrogen-bond acceptors (Lipinski definition) is 5. The first-order valence-electron chi connectivity index (χ1n) is 7.72. The number of amides is 1. The van der Waals surface area contributed by atoms with E-state index >= 15 is 0 Å². The Labute approximate surface area is 133 Å². The minimum Gasteiger partial charge on any atom is -0.448 e. The van der Waals surface area contributed by atoms with Crippen LogP contribution in [-0.2, 0) is 0 Å². The van der Waals surface area contributed by atoms with Gasteiger partial charge < -0.3 is 9.32 Å². The summed E-state index contributed by atoms with van der Waals surface area (Å²) in [5.74, 6) is 1.40. The molecule has 0 unspecified atom stereocenters. The molecule has 1 saturated heterocycles. The molecule has 3 aromatic rings.